The fourth-order valence-corrected chi connectivity index (χ4v) is 2.88. The summed E-state index contributed by atoms with van der Waals surface area (Å²) < 4.78 is 17.4. The molecule has 1 fully saturated rings. The van der Waals surface area contributed by atoms with Crippen molar-refractivity contribution in [3.8, 4) is 0 Å². The Labute approximate surface area is 145 Å². The van der Waals surface area contributed by atoms with Gasteiger partial charge in [-0.05, 0) is 61.3 Å². The molecule has 1 rings (SSSR count). The third kappa shape index (κ3) is 6.06. The molecule has 0 saturated carbocycles. The van der Waals surface area contributed by atoms with Crippen LogP contribution < -0.4 is 0 Å². The zero-order valence-corrected chi connectivity index (χ0v) is 16.1. The predicted molar refractivity (Wildman–Crippen MR) is 91.8 cm³/mol. The molecule has 1 aliphatic heterocycles. The lowest BCUT2D eigenvalue weighted by Gasteiger charge is -2.38. The van der Waals surface area contributed by atoms with Gasteiger partial charge < -0.3 is 19.0 Å². The molecule has 0 aromatic heterocycles. The summed E-state index contributed by atoms with van der Waals surface area (Å²) in [5.74, 6) is 0. The largest absolute Gasteiger partial charge is 0.444 e. The summed E-state index contributed by atoms with van der Waals surface area (Å²) in [5, 5.41) is 0. The van der Waals surface area contributed by atoms with Gasteiger partial charge in [0.15, 0.2) is 0 Å². The average molecular weight is 343 g/mol. The Morgan fingerprint density at radius 3 is 2.50 bits per heavy atom. The monoisotopic (exact) mass is 343 g/mol. The van der Waals surface area contributed by atoms with Crippen LogP contribution in [0.5, 0.6) is 0 Å². The number of aldehydes is 1. The predicted octanol–water partition coefficient (Wildman–Crippen LogP) is 3.52. The van der Waals surface area contributed by atoms with Gasteiger partial charge in [0.25, 0.3) is 0 Å². The van der Waals surface area contributed by atoms with Crippen LogP contribution in [0.1, 0.15) is 67.7 Å². The molecule has 0 bridgehead atoms. The van der Waals surface area contributed by atoms with Gasteiger partial charge in [-0.2, -0.15) is 0 Å². The summed E-state index contributed by atoms with van der Waals surface area (Å²) >= 11 is 0. The molecule has 0 aliphatic carbocycles. The van der Waals surface area contributed by atoms with E-state index < -0.39 is 17.4 Å². The number of unbranched alkanes of at least 4 members (excludes halogenated alkanes) is 1. The summed E-state index contributed by atoms with van der Waals surface area (Å²) in [5.41, 5.74) is -1.33. The number of ether oxygens (including phenoxy) is 3. The van der Waals surface area contributed by atoms with Crippen molar-refractivity contribution in [1.82, 2.24) is 4.90 Å². The zero-order valence-electron chi connectivity index (χ0n) is 16.1. The minimum atomic E-state index is -0.754. The van der Waals surface area contributed by atoms with Crippen molar-refractivity contribution < 1.29 is 23.8 Å². The van der Waals surface area contributed by atoms with Gasteiger partial charge in [-0.25, -0.2) is 4.79 Å². The van der Waals surface area contributed by atoms with E-state index in [2.05, 4.69) is 0 Å². The first-order valence-corrected chi connectivity index (χ1v) is 8.73. The third-order valence-electron chi connectivity index (χ3n) is 3.80. The number of rotatable bonds is 7. The fourth-order valence-electron chi connectivity index (χ4n) is 2.88. The number of hydrogen-bond donors (Lipinski definition) is 0. The molecular weight excluding hydrogens is 310 g/mol. The summed E-state index contributed by atoms with van der Waals surface area (Å²) in [7, 11) is 0. The second-order valence-electron chi connectivity index (χ2n) is 8.00. The number of carbonyl (C=O) groups is 2. The van der Waals surface area contributed by atoms with Gasteiger partial charge >= 0.3 is 6.09 Å². The molecule has 2 atom stereocenters. The van der Waals surface area contributed by atoms with Crippen LogP contribution in [0, 0.1) is 0 Å². The van der Waals surface area contributed by atoms with Gasteiger partial charge in [0.05, 0.1) is 24.9 Å². The van der Waals surface area contributed by atoms with E-state index >= 15 is 0 Å². The summed E-state index contributed by atoms with van der Waals surface area (Å²) in [4.78, 5) is 25.0. The van der Waals surface area contributed by atoms with Gasteiger partial charge in [0.1, 0.15) is 17.6 Å². The Morgan fingerprint density at radius 1 is 1.38 bits per heavy atom. The topological polar surface area (TPSA) is 65.1 Å². The molecule has 1 heterocycles. The van der Waals surface area contributed by atoms with Gasteiger partial charge in [-0.15, -0.1) is 0 Å². The maximum absolute atomic E-state index is 12.7. The normalized spacial score (nSPS) is 21.8. The highest BCUT2D eigenvalue weighted by molar-refractivity contribution is 5.70. The second-order valence-corrected chi connectivity index (χ2v) is 8.00. The molecular formula is C18H33NO5. The van der Waals surface area contributed by atoms with Crippen LogP contribution in [0.2, 0.25) is 0 Å². The molecule has 0 spiro atoms. The molecule has 1 amide bonds. The van der Waals surface area contributed by atoms with Crippen molar-refractivity contribution in [3.63, 3.8) is 0 Å². The molecule has 1 aliphatic rings. The molecule has 24 heavy (non-hydrogen) atoms. The molecule has 6 nitrogen and oxygen atoms in total. The molecule has 140 valence electrons. The number of carbonyl (C=O) groups excluding carboxylic acids is 2. The van der Waals surface area contributed by atoms with E-state index in [1.807, 2.05) is 48.5 Å². The highest BCUT2D eigenvalue weighted by Gasteiger charge is 2.48. The van der Waals surface area contributed by atoms with E-state index in [1.165, 1.54) is 0 Å². The van der Waals surface area contributed by atoms with Crippen molar-refractivity contribution in [2.45, 2.75) is 97.3 Å². The van der Waals surface area contributed by atoms with Crippen molar-refractivity contribution in [1.29, 1.82) is 0 Å². The molecule has 6 heteroatoms. The molecule has 0 radical (unpaired) electrons. The molecule has 0 N–H and O–H groups in total. The van der Waals surface area contributed by atoms with Crippen LogP contribution in [0.15, 0.2) is 0 Å². The summed E-state index contributed by atoms with van der Waals surface area (Å²) in [6.45, 7) is 13.6. The van der Waals surface area contributed by atoms with Crippen LogP contribution in [-0.2, 0) is 19.0 Å². The van der Waals surface area contributed by atoms with Crippen LogP contribution in [-0.4, -0.2) is 53.5 Å². The lowest BCUT2D eigenvalue weighted by atomic mass is 10.0. The Hall–Kier alpha value is -1.14. The molecule has 0 aromatic rings. The van der Waals surface area contributed by atoms with Crippen LogP contribution in [0.3, 0.4) is 0 Å². The van der Waals surface area contributed by atoms with Gasteiger partial charge in [0.2, 0.25) is 0 Å². The quantitative estimate of drug-likeness (QED) is 0.523. The molecule has 1 saturated heterocycles. The average Bonchev–Trinajstić information content (AvgIpc) is 2.71. The summed E-state index contributed by atoms with van der Waals surface area (Å²) in [6.07, 6.45) is 2.24. The number of nitrogens with zero attached hydrogens (tertiary/aromatic N) is 1. The second kappa shape index (κ2) is 8.30. The van der Waals surface area contributed by atoms with Gasteiger partial charge in [0, 0.05) is 6.42 Å². The highest BCUT2D eigenvalue weighted by Crippen LogP contribution is 2.33. The number of hydrogen-bond acceptors (Lipinski definition) is 5. The lowest BCUT2D eigenvalue weighted by molar-refractivity contribution is -0.108. The standard InChI is InChI=1S/C18H33NO5/c1-13(2)23-15(10-8-9-11-20)14-12-22-18(6,7)19(14)16(21)24-17(3,4)5/h11,13-15H,8-10,12H2,1-7H3/t14-,15?/m0/s1. The Bertz CT molecular complexity index is 428. The van der Waals surface area contributed by atoms with Crippen LogP contribution >= 0.6 is 0 Å². The Morgan fingerprint density at radius 2 is 2.00 bits per heavy atom. The van der Waals surface area contributed by atoms with E-state index in [1.54, 1.807) is 4.90 Å². The van der Waals surface area contributed by atoms with E-state index in [4.69, 9.17) is 14.2 Å². The fraction of sp³-hybridized carbons (Fsp3) is 0.889. The lowest BCUT2D eigenvalue weighted by Crippen LogP contribution is -2.54. The molecule has 0 aromatic carbocycles. The van der Waals surface area contributed by atoms with Gasteiger partial charge in [-0.3, -0.25) is 4.90 Å². The van der Waals surface area contributed by atoms with Crippen molar-refractivity contribution in [2.75, 3.05) is 6.61 Å². The van der Waals surface area contributed by atoms with Crippen LogP contribution in [0.25, 0.3) is 0 Å². The minimum Gasteiger partial charge on any atom is -0.444 e. The SMILES string of the molecule is CC(C)OC(CCCC=O)[C@@H]1COC(C)(C)N1C(=O)OC(C)(C)C. The summed E-state index contributed by atoms with van der Waals surface area (Å²) in [6, 6.07) is -0.232. The van der Waals surface area contributed by atoms with E-state index in [0.29, 0.717) is 19.4 Å². The third-order valence-corrected chi connectivity index (χ3v) is 3.80. The number of amides is 1. The van der Waals surface area contributed by atoms with Gasteiger partial charge in [-0.1, -0.05) is 0 Å². The maximum atomic E-state index is 12.7. The highest BCUT2D eigenvalue weighted by atomic mass is 16.6. The van der Waals surface area contributed by atoms with E-state index in [-0.39, 0.29) is 18.2 Å². The maximum Gasteiger partial charge on any atom is 0.412 e. The zero-order chi connectivity index (χ0) is 18.5. The van der Waals surface area contributed by atoms with Crippen LogP contribution in [0.4, 0.5) is 4.79 Å². The van der Waals surface area contributed by atoms with E-state index in [9.17, 15) is 9.59 Å². The van der Waals surface area contributed by atoms with Crippen molar-refractivity contribution in [3.05, 3.63) is 0 Å². The first kappa shape index (κ1) is 20.9. The van der Waals surface area contributed by atoms with Crippen molar-refractivity contribution in [2.24, 2.45) is 0 Å². The first-order valence-electron chi connectivity index (χ1n) is 8.73. The Balaban J connectivity index is 2.96. The Kier molecular flexibility index (Phi) is 7.23. The first-order chi connectivity index (χ1) is 11.0. The molecule has 1 unspecified atom stereocenters. The van der Waals surface area contributed by atoms with E-state index in [0.717, 1.165) is 12.7 Å². The minimum absolute atomic E-state index is 0.0235. The smallest absolute Gasteiger partial charge is 0.412 e. The van der Waals surface area contributed by atoms with Crippen molar-refractivity contribution >= 4 is 12.4 Å².